The molecule has 1 fully saturated rings. The second-order valence-corrected chi connectivity index (χ2v) is 9.12. The third-order valence-electron chi connectivity index (χ3n) is 4.58. The van der Waals surface area contributed by atoms with Crippen LogP contribution in [0.1, 0.15) is 23.7 Å². The summed E-state index contributed by atoms with van der Waals surface area (Å²) < 4.78 is 19.5. The summed E-state index contributed by atoms with van der Waals surface area (Å²) >= 11 is 2.75. The van der Waals surface area contributed by atoms with Gasteiger partial charge in [-0.25, -0.2) is 4.39 Å². The smallest absolute Gasteiger partial charge is 0.242 e. The molecule has 4 rings (SSSR count). The molecule has 6 nitrogen and oxygen atoms in total. The van der Waals surface area contributed by atoms with Crippen LogP contribution >= 0.6 is 23.1 Å². The molecule has 2 atom stereocenters. The topological polar surface area (TPSA) is 76.1 Å². The Labute approximate surface area is 182 Å². The fourth-order valence-electron chi connectivity index (χ4n) is 3.08. The number of hydrogen-bond acceptors (Lipinski definition) is 7. The standard InChI is InChI=1S/C21H21FN4O2S2/c22-15-8-10-16(11-9-15)24-19(27)18(14-5-2-1-3-6-14)29-21-26-25-20(30-21)23-13-17-7-4-12-28-17/h1-3,5-6,8-11,17-18H,4,7,12-13H2,(H,23,25)(H,24,27)/t17-,18-/m0/s1. The van der Waals surface area contributed by atoms with Gasteiger partial charge in [-0.15, -0.1) is 10.2 Å². The summed E-state index contributed by atoms with van der Waals surface area (Å²) in [5, 5.41) is 14.7. The van der Waals surface area contributed by atoms with Crippen molar-refractivity contribution in [2.75, 3.05) is 23.8 Å². The summed E-state index contributed by atoms with van der Waals surface area (Å²) in [6.07, 6.45) is 2.35. The van der Waals surface area contributed by atoms with E-state index in [1.54, 1.807) is 0 Å². The largest absolute Gasteiger partial charge is 0.376 e. The minimum Gasteiger partial charge on any atom is -0.376 e. The van der Waals surface area contributed by atoms with Crippen LogP contribution in [-0.4, -0.2) is 35.4 Å². The summed E-state index contributed by atoms with van der Waals surface area (Å²) in [5.41, 5.74) is 1.39. The number of carbonyl (C=O) groups excluding carboxylic acids is 1. The third kappa shape index (κ3) is 5.56. The minimum absolute atomic E-state index is 0.207. The van der Waals surface area contributed by atoms with E-state index < -0.39 is 5.25 Å². The Morgan fingerprint density at radius 1 is 1.20 bits per heavy atom. The Morgan fingerprint density at radius 2 is 2.00 bits per heavy atom. The maximum Gasteiger partial charge on any atom is 0.242 e. The third-order valence-corrected chi connectivity index (χ3v) is 6.80. The number of hydrogen-bond donors (Lipinski definition) is 2. The fourth-order valence-corrected chi connectivity index (χ4v) is 5.03. The predicted molar refractivity (Wildman–Crippen MR) is 117 cm³/mol. The molecule has 0 radical (unpaired) electrons. The van der Waals surface area contributed by atoms with Gasteiger partial charge in [0.2, 0.25) is 11.0 Å². The van der Waals surface area contributed by atoms with E-state index in [0.29, 0.717) is 21.7 Å². The normalized spacial score (nSPS) is 16.9. The molecule has 0 spiro atoms. The zero-order valence-corrected chi connectivity index (χ0v) is 17.7. The number of nitrogens with zero attached hydrogens (tertiary/aromatic N) is 2. The monoisotopic (exact) mass is 444 g/mol. The molecular formula is C21H21FN4O2S2. The van der Waals surface area contributed by atoms with Crippen molar-refractivity contribution in [3.63, 3.8) is 0 Å². The molecule has 1 aliphatic heterocycles. The molecule has 1 amide bonds. The fraction of sp³-hybridized carbons (Fsp3) is 0.286. The number of ether oxygens (including phenoxy) is 1. The molecule has 9 heteroatoms. The van der Waals surface area contributed by atoms with Gasteiger partial charge in [0.1, 0.15) is 11.1 Å². The van der Waals surface area contributed by atoms with Crippen LogP contribution in [0, 0.1) is 5.82 Å². The average molecular weight is 445 g/mol. The van der Waals surface area contributed by atoms with Gasteiger partial charge in [0.15, 0.2) is 4.34 Å². The van der Waals surface area contributed by atoms with Crippen molar-refractivity contribution in [2.45, 2.75) is 28.5 Å². The number of amides is 1. The molecule has 156 valence electrons. The molecule has 1 aliphatic rings. The number of benzene rings is 2. The lowest BCUT2D eigenvalue weighted by molar-refractivity contribution is -0.115. The summed E-state index contributed by atoms with van der Waals surface area (Å²) in [6.45, 7) is 1.51. The first-order valence-electron chi connectivity index (χ1n) is 9.64. The van der Waals surface area contributed by atoms with E-state index in [2.05, 4.69) is 20.8 Å². The first kappa shape index (κ1) is 20.8. The first-order valence-corrected chi connectivity index (χ1v) is 11.3. The van der Waals surface area contributed by atoms with E-state index in [9.17, 15) is 9.18 Å². The Balaban J connectivity index is 1.45. The molecule has 2 N–H and O–H groups in total. The molecule has 30 heavy (non-hydrogen) atoms. The van der Waals surface area contributed by atoms with Gasteiger partial charge >= 0.3 is 0 Å². The van der Waals surface area contributed by atoms with Crippen molar-refractivity contribution < 1.29 is 13.9 Å². The first-order chi connectivity index (χ1) is 14.7. The van der Waals surface area contributed by atoms with Crippen molar-refractivity contribution in [2.24, 2.45) is 0 Å². The Kier molecular flexibility index (Phi) is 6.93. The van der Waals surface area contributed by atoms with Crippen LogP contribution < -0.4 is 10.6 Å². The zero-order chi connectivity index (χ0) is 20.8. The number of thioether (sulfide) groups is 1. The van der Waals surface area contributed by atoms with Gasteiger partial charge in [-0.1, -0.05) is 53.4 Å². The molecule has 3 aromatic rings. The van der Waals surface area contributed by atoms with E-state index in [0.717, 1.165) is 25.0 Å². The summed E-state index contributed by atoms with van der Waals surface area (Å²) in [5.74, 6) is -0.555. The number of halogens is 1. The van der Waals surface area contributed by atoms with Gasteiger partial charge in [0.25, 0.3) is 0 Å². The highest BCUT2D eigenvalue weighted by Gasteiger charge is 2.24. The van der Waals surface area contributed by atoms with Gasteiger partial charge in [-0.3, -0.25) is 4.79 Å². The summed E-state index contributed by atoms with van der Waals surface area (Å²) in [6, 6.07) is 15.2. The number of carbonyl (C=O) groups is 1. The SMILES string of the molecule is O=C(Nc1ccc(F)cc1)[C@@H](Sc1nnc(NC[C@@H]2CCCO2)s1)c1ccccc1. The molecule has 0 aliphatic carbocycles. The highest BCUT2D eigenvalue weighted by Crippen LogP contribution is 2.38. The molecule has 0 unspecified atom stereocenters. The molecule has 1 aromatic heterocycles. The lowest BCUT2D eigenvalue weighted by atomic mass is 10.1. The van der Waals surface area contributed by atoms with E-state index >= 15 is 0 Å². The van der Waals surface area contributed by atoms with Crippen LogP contribution in [0.2, 0.25) is 0 Å². The van der Waals surface area contributed by atoms with Crippen LogP contribution in [0.4, 0.5) is 15.2 Å². The van der Waals surface area contributed by atoms with Gasteiger partial charge in [-0.2, -0.15) is 0 Å². The van der Waals surface area contributed by atoms with Crippen molar-refractivity contribution in [3.05, 3.63) is 66.0 Å². The van der Waals surface area contributed by atoms with Crippen LogP contribution in [0.25, 0.3) is 0 Å². The van der Waals surface area contributed by atoms with Crippen LogP contribution in [0.3, 0.4) is 0 Å². The van der Waals surface area contributed by atoms with Crippen molar-refractivity contribution in [3.8, 4) is 0 Å². The molecule has 1 saturated heterocycles. The van der Waals surface area contributed by atoms with E-state index in [1.807, 2.05) is 30.3 Å². The number of anilines is 2. The Bertz CT molecular complexity index is 963. The van der Waals surface area contributed by atoms with Crippen molar-refractivity contribution >= 4 is 39.8 Å². The zero-order valence-electron chi connectivity index (χ0n) is 16.1. The van der Waals surface area contributed by atoms with Crippen LogP contribution in [0.5, 0.6) is 0 Å². The second-order valence-electron chi connectivity index (χ2n) is 6.79. The quantitative estimate of drug-likeness (QED) is 0.489. The van der Waals surface area contributed by atoms with E-state index in [-0.39, 0.29) is 17.8 Å². The summed E-state index contributed by atoms with van der Waals surface area (Å²) in [7, 11) is 0. The maximum atomic E-state index is 13.2. The highest BCUT2D eigenvalue weighted by atomic mass is 32.2. The minimum atomic E-state index is -0.518. The summed E-state index contributed by atoms with van der Waals surface area (Å²) in [4.78, 5) is 13.0. The molecule has 0 bridgehead atoms. The Morgan fingerprint density at radius 3 is 2.73 bits per heavy atom. The van der Waals surface area contributed by atoms with Crippen LogP contribution in [-0.2, 0) is 9.53 Å². The van der Waals surface area contributed by atoms with Gasteiger partial charge < -0.3 is 15.4 Å². The van der Waals surface area contributed by atoms with E-state index in [1.165, 1.54) is 47.4 Å². The van der Waals surface area contributed by atoms with Crippen molar-refractivity contribution in [1.82, 2.24) is 10.2 Å². The van der Waals surface area contributed by atoms with Gasteiger partial charge in [0.05, 0.1) is 6.10 Å². The molecule has 2 aromatic carbocycles. The predicted octanol–water partition coefficient (Wildman–Crippen LogP) is 4.74. The van der Waals surface area contributed by atoms with E-state index in [4.69, 9.17) is 4.74 Å². The molecule has 0 saturated carbocycles. The molecule has 2 heterocycles. The lowest BCUT2D eigenvalue weighted by Gasteiger charge is -2.15. The number of rotatable bonds is 8. The van der Waals surface area contributed by atoms with Gasteiger partial charge in [0, 0.05) is 18.8 Å². The molecular weight excluding hydrogens is 423 g/mol. The maximum absolute atomic E-state index is 13.2. The lowest BCUT2D eigenvalue weighted by Crippen LogP contribution is -2.19. The number of nitrogens with one attached hydrogen (secondary N) is 2. The van der Waals surface area contributed by atoms with Gasteiger partial charge in [-0.05, 0) is 42.7 Å². The van der Waals surface area contributed by atoms with Crippen LogP contribution in [0.15, 0.2) is 58.9 Å². The van der Waals surface area contributed by atoms with Crippen molar-refractivity contribution in [1.29, 1.82) is 0 Å². The number of aromatic nitrogens is 2. The highest BCUT2D eigenvalue weighted by molar-refractivity contribution is 8.02. The average Bonchev–Trinajstić information content (AvgIpc) is 3.44. The second kappa shape index (κ2) is 10.0. The Hall–Kier alpha value is -2.49.